The van der Waals surface area contributed by atoms with Crippen LogP contribution in [0.1, 0.15) is 51.2 Å². The number of phenolic OH excluding ortho intramolecular Hbond substituents is 1. The average molecular weight is 511 g/mol. The van der Waals surface area contributed by atoms with E-state index in [1.807, 2.05) is 31.2 Å². The van der Waals surface area contributed by atoms with Crippen molar-refractivity contribution in [3.63, 3.8) is 0 Å². The van der Waals surface area contributed by atoms with E-state index >= 15 is 0 Å². The number of aryl methyl sites for hydroxylation is 2. The fourth-order valence-corrected chi connectivity index (χ4v) is 4.47. The van der Waals surface area contributed by atoms with Crippen LogP contribution in [-0.2, 0) is 18.9 Å². The van der Waals surface area contributed by atoms with Crippen molar-refractivity contribution in [3.8, 4) is 11.5 Å². The largest absolute Gasteiger partial charge is 0.507 e. The molecule has 0 radical (unpaired) electrons. The van der Waals surface area contributed by atoms with E-state index in [1.54, 1.807) is 0 Å². The normalized spacial score (nSPS) is 17.7. The molecule has 0 aromatic heterocycles. The molecule has 37 heavy (non-hydrogen) atoms. The van der Waals surface area contributed by atoms with Crippen molar-refractivity contribution in [1.82, 2.24) is 0 Å². The number of ether oxygens (including phenoxy) is 5. The molecule has 4 rings (SSSR count). The summed E-state index contributed by atoms with van der Waals surface area (Å²) in [7, 11) is 0. The van der Waals surface area contributed by atoms with Crippen LogP contribution in [0.4, 0.5) is 0 Å². The first-order valence-corrected chi connectivity index (χ1v) is 13.7. The summed E-state index contributed by atoms with van der Waals surface area (Å²) < 4.78 is 30.0. The molecule has 1 aliphatic rings. The number of fused-ring (bicyclic) bond motifs is 2. The lowest BCUT2D eigenvalue weighted by Gasteiger charge is -2.24. The lowest BCUT2D eigenvalue weighted by atomic mass is 9.98. The van der Waals surface area contributed by atoms with Gasteiger partial charge in [0.1, 0.15) is 24.2 Å². The number of rotatable bonds is 15. The number of phenols is 1. The summed E-state index contributed by atoms with van der Waals surface area (Å²) >= 11 is 0. The summed E-state index contributed by atoms with van der Waals surface area (Å²) in [6.07, 6.45) is 2.87. The molecule has 1 saturated heterocycles. The van der Waals surface area contributed by atoms with Crippen LogP contribution in [0.3, 0.4) is 0 Å². The van der Waals surface area contributed by atoms with Gasteiger partial charge >= 0.3 is 0 Å². The number of hydrogen-bond donors (Lipinski definition) is 1. The predicted molar refractivity (Wildman–Crippen MR) is 148 cm³/mol. The fourth-order valence-electron chi connectivity index (χ4n) is 4.47. The van der Waals surface area contributed by atoms with Crippen LogP contribution in [0.25, 0.3) is 21.5 Å². The number of epoxide rings is 1. The van der Waals surface area contributed by atoms with Gasteiger partial charge in [0, 0.05) is 21.5 Å². The molecule has 0 amide bonds. The molecule has 3 aromatic carbocycles. The second-order valence-electron chi connectivity index (χ2n) is 10.1. The molecular weight excluding hydrogens is 468 g/mol. The van der Waals surface area contributed by atoms with Gasteiger partial charge in [0.15, 0.2) is 0 Å². The Hall–Kier alpha value is -2.38. The summed E-state index contributed by atoms with van der Waals surface area (Å²) in [5.74, 6) is 1.09. The second kappa shape index (κ2) is 12.9. The zero-order chi connectivity index (χ0) is 26.4. The standard InChI is InChI=1S/C31H42O6/c1-6-22(33-16-23(7-2)35-18-25-19-36-25)15-34-24(8-3)17-37-31-27-12-10-20(4)13-28(27)30(32)26-11-9-21(5)14-29(26)31/h9-14,22-25,32H,6-8,15-19H2,1-5H3. The molecule has 0 spiro atoms. The summed E-state index contributed by atoms with van der Waals surface area (Å²) in [6.45, 7) is 13.4. The first-order valence-electron chi connectivity index (χ1n) is 13.7. The number of aromatic hydroxyl groups is 1. The minimum absolute atomic E-state index is 0.00447. The van der Waals surface area contributed by atoms with Crippen molar-refractivity contribution in [2.75, 3.05) is 33.0 Å². The summed E-state index contributed by atoms with van der Waals surface area (Å²) in [6, 6.07) is 12.2. The molecular formula is C31H42O6. The lowest BCUT2D eigenvalue weighted by molar-refractivity contribution is -0.0886. The third-order valence-electron chi connectivity index (χ3n) is 7.09. The van der Waals surface area contributed by atoms with E-state index in [0.717, 1.165) is 64.3 Å². The summed E-state index contributed by atoms with van der Waals surface area (Å²) in [5, 5.41) is 14.4. The van der Waals surface area contributed by atoms with Crippen LogP contribution >= 0.6 is 0 Å². The third kappa shape index (κ3) is 7.14. The highest BCUT2D eigenvalue weighted by molar-refractivity contribution is 6.11. The highest BCUT2D eigenvalue weighted by atomic mass is 16.6. The van der Waals surface area contributed by atoms with Gasteiger partial charge < -0.3 is 28.8 Å². The molecule has 3 aromatic rings. The van der Waals surface area contributed by atoms with Crippen LogP contribution in [0.2, 0.25) is 0 Å². The zero-order valence-corrected chi connectivity index (χ0v) is 22.9. The molecule has 1 heterocycles. The van der Waals surface area contributed by atoms with Gasteiger partial charge in [-0.1, -0.05) is 56.2 Å². The SMILES string of the molecule is CCC(COc1c2ccc(C)cc2c(O)c2ccc(C)cc12)OCC(CC)OCC(CC)OCC1CO1. The highest BCUT2D eigenvalue weighted by Gasteiger charge is 2.24. The topological polar surface area (TPSA) is 69.7 Å². The molecule has 202 valence electrons. The Balaban J connectivity index is 1.41. The average Bonchev–Trinajstić information content (AvgIpc) is 3.73. The summed E-state index contributed by atoms with van der Waals surface area (Å²) in [4.78, 5) is 0. The Kier molecular flexibility index (Phi) is 9.65. The number of hydrogen-bond acceptors (Lipinski definition) is 6. The molecule has 6 nitrogen and oxygen atoms in total. The molecule has 4 unspecified atom stereocenters. The minimum Gasteiger partial charge on any atom is -0.507 e. The maximum atomic E-state index is 11.0. The van der Waals surface area contributed by atoms with Gasteiger partial charge in [-0.25, -0.2) is 0 Å². The van der Waals surface area contributed by atoms with Crippen LogP contribution < -0.4 is 4.74 Å². The van der Waals surface area contributed by atoms with Gasteiger partial charge in [-0.2, -0.15) is 0 Å². The van der Waals surface area contributed by atoms with Crippen LogP contribution in [-0.4, -0.2) is 62.6 Å². The van der Waals surface area contributed by atoms with E-state index in [4.69, 9.17) is 23.7 Å². The minimum atomic E-state index is -0.0722. The van der Waals surface area contributed by atoms with Crippen molar-refractivity contribution >= 4 is 21.5 Å². The predicted octanol–water partition coefficient (Wildman–Crippen LogP) is 6.48. The van der Waals surface area contributed by atoms with Crippen LogP contribution in [0, 0.1) is 13.8 Å². The Morgan fingerprint density at radius 3 is 1.89 bits per heavy atom. The summed E-state index contributed by atoms with van der Waals surface area (Å²) in [5.41, 5.74) is 2.21. The van der Waals surface area contributed by atoms with Gasteiger partial charge in [0.25, 0.3) is 0 Å². The molecule has 0 saturated carbocycles. The quantitative estimate of drug-likeness (QED) is 0.186. The first kappa shape index (κ1) is 27.6. The molecule has 0 bridgehead atoms. The molecule has 0 aliphatic carbocycles. The van der Waals surface area contributed by atoms with Gasteiger partial charge in [-0.05, 0) is 45.2 Å². The van der Waals surface area contributed by atoms with Gasteiger partial charge in [-0.15, -0.1) is 0 Å². The Bertz CT molecular complexity index is 1170. The molecule has 1 fully saturated rings. The van der Waals surface area contributed by atoms with E-state index in [0.29, 0.717) is 32.2 Å². The highest BCUT2D eigenvalue weighted by Crippen LogP contribution is 2.42. The molecule has 1 aliphatic heterocycles. The van der Waals surface area contributed by atoms with Gasteiger partial charge in [0.05, 0.1) is 44.7 Å². The first-order chi connectivity index (χ1) is 17.9. The van der Waals surface area contributed by atoms with Crippen molar-refractivity contribution in [2.45, 2.75) is 78.3 Å². The van der Waals surface area contributed by atoms with Crippen molar-refractivity contribution in [3.05, 3.63) is 47.5 Å². The molecule has 4 atom stereocenters. The molecule has 6 heteroatoms. The van der Waals surface area contributed by atoms with Gasteiger partial charge in [-0.3, -0.25) is 0 Å². The van der Waals surface area contributed by atoms with Crippen molar-refractivity contribution < 1.29 is 28.8 Å². The van der Waals surface area contributed by atoms with Crippen LogP contribution in [0.15, 0.2) is 36.4 Å². The number of benzene rings is 3. The van der Waals surface area contributed by atoms with E-state index in [9.17, 15) is 5.11 Å². The van der Waals surface area contributed by atoms with E-state index in [1.165, 1.54) is 0 Å². The van der Waals surface area contributed by atoms with Crippen molar-refractivity contribution in [2.24, 2.45) is 0 Å². The fraction of sp³-hybridized carbons (Fsp3) is 0.548. The smallest absolute Gasteiger partial charge is 0.135 e. The van der Waals surface area contributed by atoms with Crippen molar-refractivity contribution in [1.29, 1.82) is 0 Å². The molecule has 1 N–H and O–H groups in total. The maximum absolute atomic E-state index is 11.0. The maximum Gasteiger partial charge on any atom is 0.135 e. The Labute approximate surface area is 220 Å². The zero-order valence-electron chi connectivity index (χ0n) is 22.9. The van der Waals surface area contributed by atoms with E-state index in [2.05, 4.69) is 39.8 Å². The third-order valence-corrected chi connectivity index (χ3v) is 7.09. The lowest BCUT2D eigenvalue weighted by Crippen LogP contribution is -2.30. The van der Waals surface area contributed by atoms with Crippen LogP contribution in [0.5, 0.6) is 11.5 Å². The monoisotopic (exact) mass is 510 g/mol. The second-order valence-corrected chi connectivity index (χ2v) is 10.1. The Morgan fingerprint density at radius 1 is 0.757 bits per heavy atom. The van der Waals surface area contributed by atoms with E-state index in [-0.39, 0.29) is 24.4 Å². The van der Waals surface area contributed by atoms with Gasteiger partial charge in [0.2, 0.25) is 0 Å². The Morgan fingerprint density at radius 2 is 1.30 bits per heavy atom. The van der Waals surface area contributed by atoms with E-state index < -0.39 is 0 Å².